The summed E-state index contributed by atoms with van der Waals surface area (Å²) in [7, 11) is 6.66. The highest BCUT2D eigenvalue weighted by Gasteiger charge is 2.40. The summed E-state index contributed by atoms with van der Waals surface area (Å²) in [4.78, 5) is 0. The molecule has 0 spiro atoms. The number of benzene rings is 20. The Morgan fingerprint density at radius 2 is 0.466 bits per heavy atom. The van der Waals surface area contributed by atoms with Gasteiger partial charge in [-0.15, -0.1) is 0 Å². The van der Waals surface area contributed by atoms with Gasteiger partial charge in [0.25, 0.3) is 17.5 Å². The number of hydrogen-bond donors (Lipinski definition) is 0. The zero-order valence-electron chi connectivity index (χ0n) is 84.8. The summed E-state index contributed by atoms with van der Waals surface area (Å²) < 4.78 is 14.7. The van der Waals surface area contributed by atoms with Crippen LogP contribution in [0, 0.1) is 20.8 Å². The van der Waals surface area contributed by atoms with Crippen molar-refractivity contribution in [2.24, 2.45) is 21.1 Å². The van der Waals surface area contributed by atoms with E-state index in [9.17, 15) is 0 Å². The highest BCUT2D eigenvalue weighted by molar-refractivity contribution is 6.12. The van der Waals surface area contributed by atoms with E-state index in [0.717, 1.165) is 11.5 Å². The summed E-state index contributed by atoms with van der Waals surface area (Å²) in [5, 5.41) is 0. The first-order valence-corrected chi connectivity index (χ1v) is 51.5. The van der Waals surface area contributed by atoms with Gasteiger partial charge >= 0.3 is 0 Å². The monoisotopic (exact) mass is 1880 g/mol. The topological polar surface area (TPSA) is 26.4 Å². The smallest absolute Gasteiger partial charge is 0.232 e. The lowest BCUT2D eigenvalue weighted by Crippen LogP contribution is -2.31. The van der Waals surface area contributed by atoms with E-state index in [0.29, 0.717) is 17.8 Å². The Hall–Kier alpha value is -17.5. The Balaban J connectivity index is 0.000000118. The molecule has 0 N–H and O–H groups in total. The zero-order valence-corrected chi connectivity index (χ0v) is 84.8. The van der Waals surface area contributed by atoms with Gasteiger partial charge in [-0.3, -0.25) is 0 Å². The Bertz CT molecular complexity index is 8980. The van der Waals surface area contributed by atoms with Crippen molar-refractivity contribution in [2.75, 3.05) is 0 Å². The van der Waals surface area contributed by atoms with E-state index < -0.39 is 0 Å². The molecule has 20 aromatic carbocycles. The van der Waals surface area contributed by atoms with E-state index in [4.69, 9.17) is 0 Å². The standard InChI is InChI=1S/C53H39N2.C45H41N2.C42H35N2/c1-36-30-31-47-45-28-15-14-26-43(45)41-24-12-13-25-42(41)44-27-16-17-29-46(44)51(47)50(36)53-54(2)32-33-55(53)52-48(38-20-8-4-9-21-38)34-40(37-18-6-3-7-19-37)35-49(52)39-22-10-5-11-23-39;1-28(2)31-22-15-23-32(29(3)4)44(31)47-41-25-14-13-24-40(41)46(6)45(47)42-30(5)26-27-39-37-20-10-9-18-35(37)33-16-7-8-17-34(33)36-19-11-12-21-38(36)43(39)42;1-27(2)29-15-11-12-22-37(29)44-39-24-14-13-23-38(39)43(4)42(44)40-28(3)25-26-36-34-20-8-7-18-32(34)30-16-5-6-17-31(30)33-19-9-10-21-35(33)41(36)40/h3-35H,1-2H3;7-29H,1-6H3;5-27H,1-4H3/q3*+1. The first-order chi connectivity index (χ1) is 71.6. The molecule has 3 aliphatic carbocycles. The lowest BCUT2D eigenvalue weighted by Gasteiger charge is -2.25. The third-order valence-corrected chi connectivity index (χ3v) is 30.7. The van der Waals surface area contributed by atoms with Crippen molar-refractivity contribution in [3.63, 3.8) is 0 Å². The molecule has 146 heavy (non-hydrogen) atoms. The van der Waals surface area contributed by atoms with Gasteiger partial charge in [-0.2, -0.15) is 13.7 Å². The van der Waals surface area contributed by atoms with Gasteiger partial charge in [-0.1, -0.05) is 448 Å². The molecular formula is C140H115N6+3. The molecule has 3 aromatic heterocycles. The van der Waals surface area contributed by atoms with Crippen molar-refractivity contribution in [1.29, 1.82) is 0 Å². The van der Waals surface area contributed by atoms with Gasteiger partial charge in [0.1, 0.15) is 29.5 Å². The quantitative estimate of drug-likeness (QED) is 0.109. The predicted molar refractivity (Wildman–Crippen MR) is 611 cm³/mol. The van der Waals surface area contributed by atoms with Gasteiger partial charge < -0.3 is 0 Å². The first-order valence-electron chi connectivity index (χ1n) is 51.5. The Kier molecular flexibility index (Phi) is 23.6. The average Bonchev–Trinajstić information content (AvgIpc) is 1.53. The van der Waals surface area contributed by atoms with Crippen LogP contribution < -0.4 is 13.7 Å². The third-order valence-electron chi connectivity index (χ3n) is 30.7. The second kappa shape index (κ2) is 37.8. The number of para-hydroxylation sites is 6. The summed E-state index contributed by atoms with van der Waals surface area (Å²) in [6.45, 7) is 20.7. The molecule has 0 atom stereocenters. The van der Waals surface area contributed by atoms with Crippen LogP contribution in [0.25, 0.3) is 240 Å². The van der Waals surface area contributed by atoms with Crippen molar-refractivity contribution in [2.45, 2.75) is 80.1 Å². The summed E-state index contributed by atoms with van der Waals surface area (Å²) in [6, 6.07) is 165. The lowest BCUT2D eigenvalue weighted by atomic mass is 9.78. The highest BCUT2D eigenvalue weighted by atomic mass is 15.2. The number of nitrogens with zero attached hydrogens (tertiary/aromatic N) is 6. The number of rotatable bonds is 12. The minimum absolute atomic E-state index is 0.365. The molecule has 26 rings (SSSR count). The molecule has 0 radical (unpaired) electrons. The molecule has 3 heterocycles. The van der Waals surface area contributed by atoms with Crippen molar-refractivity contribution in [3.8, 4) is 218 Å². The van der Waals surface area contributed by atoms with Crippen molar-refractivity contribution >= 4 is 22.1 Å². The molecule has 0 unspecified atom stereocenters. The van der Waals surface area contributed by atoms with E-state index in [-0.39, 0.29) is 0 Å². The number of aromatic nitrogens is 6. The fourth-order valence-electron chi connectivity index (χ4n) is 24.0. The maximum atomic E-state index is 2.59. The minimum atomic E-state index is 0.365. The van der Waals surface area contributed by atoms with Crippen LogP contribution in [0.3, 0.4) is 0 Å². The molecule has 23 aromatic rings. The molecule has 0 saturated carbocycles. The van der Waals surface area contributed by atoms with Crippen molar-refractivity contribution < 1.29 is 13.7 Å². The van der Waals surface area contributed by atoms with Crippen LogP contribution >= 0.6 is 0 Å². The number of aryl methyl sites for hydroxylation is 6. The fourth-order valence-corrected chi connectivity index (χ4v) is 24.0. The number of hydrogen-bond acceptors (Lipinski definition) is 0. The summed E-state index contributed by atoms with van der Waals surface area (Å²) in [5.74, 6) is 4.63. The van der Waals surface area contributed by atoms with Crippen LogP contribution in [-0.4, -0.2) is 13.7 Å². The van der Waals surface area contributed by atoms with Crippen LogP contribution in [0.2, 0.25) is 0 Å². The van der Waals surface area contributed by atoms with Crippen LogP contribution in [0.15, 0.2) is 461 Å². The van der Waals surface area contributed by atoms with Crippen LogP contribution in [-0.2, 0) is 21.1 Å². The Labute approximate surface area is 857 Å². The molecular weight excluding hydrogens is 1770 g/mol. The molecule has 0 bridgehead atoms. The maximum absolute atomic E-state index is 2.59. The van der Waals surface area contributed by atoms with Crippen molar-refractivity contribution in [3.05, 3.63) is 495 Å². The Morgan fingerprint density at radius 1 is 0.199 bits per heavy atom. The van der Waals surface area contributed by atoms with Crippen LogP contribution in [0.5, 0.6) is 0 Å². The number of imidazole rings is 3. The van der Waals surface area contributed by atoms with Gasteiger partial charge in [0.15, 0.2) is 22.1 Å². The van der Waals surface area contributed by atoms with Gasteiger partial charge in [0, 0.05) is 44.5 Å². The molecule has 0 amide bonds. The third kappa shape index (κ3) is 15.3. The summed E-state index contributed by atoms with van der Waals surface area (Å²) >= 11 is 0. The molecule has 6 heteroatoms. The molecule has 0 saturated heterocycles. The van der Waals surface area contributed by atoms with Crippen LogP contribution in [0.1, 0.15) is 92.7 Å². The summed E-state index contributed by atoms with van der Waals surface area (Å²) in [6.07, 6.45) is 4.46. The molecule has 0 aliphatic heterocycles. The second-order valence-electron chi connectivity index (χ2n) is 40.3. The van der Waals surface area contributed by atoms with E-state index in [1.165, 1.54) is 262 Å². The van der Waals surface area contributed by atoms with E-state index in [2.05, 4.69) is 572 Å². The molecule has 3 aliphatic rings. The molecule has 6 nitrogen and oxygen atoms in total. The minimum Gasteiger partial charge on any atom is -0.232 e. The summed E-state index contributed by atoms with van der Waals surface area (Å²) in [5.41, 5.74) is 57.4. The lowest BCUT2D eigenvalue weighted by molar-refractivity contribution is -0.659. The Morgan fingerprint density at radius 3 is 0.815 bits per heavy atom. The van der Waals surface area contributed by atoms with E-state index in [1.54, 1.807) is 0 Å². The van der Waals surface area contributed by atoms with Gasteiger partial charge in [0.05, 0.1) is 37.8 Å². The van der Waals surface area contributed by atoms with Crippen LogP contribution in [0.4, 0.5) is 0 Å². The predicted octanol–water partition coefficient (Wildman–Crippen LogP) is 35.5. The van der Waals surface area contributed by atoms with E-state index >= 15 is 0 Å². The first kappa shape index (κ1) is 91.1. The maximum Gasteiger partial charge on any atom is 0.295 e. The average molecular weight is 1880 g/mol. The molecule has 702 valence electrons. The highest BCUT2D eigenvalue weighted by Crippen LogP contribution is 2.58. The SMILES string of the molecule is Cc1ccc2c(c1-c1n(-c3c(-c4ccccc4)cc(-c4ccccc4)cc3-c3ccccc3)cc[n+]1C)-c1ccccc1-c1ccccc1-c1ccccc1-2.Cc1ccc2c(c1-c1n(-c3c(C(C)C)cccc3C(C)C)c3ccccc3[n+]1C)-c1ccccc1-c1ccccc1-c1ccccc1-2.Cc1ccc2c(c1-c1n(-c3ccccc3C(C)C)c3ccccc3[n+]1C)-c1ccccc1-c1ccccc1-c1ccccc1-2. The fraction of sp³-hybridized carbons (Fsp3) is 0.107. The van der Waals surface area contributed by atoms with Gasteiger partial charge in [-0.25, -0.2) is 13.7 Å². The largest absolute Gasteiger partial charge is 0.295 e. The van der Waals surface area contributed by atoms with Gasteiger partial charge in [0.2, 0.25) is 0 Å². The zero-order chi connectivity index (χ0) is 99.2. The van der Waals surface area contributed by atoms with E-state index in [1.807, 2.05) is 0 Å². The van der Waals surface area contributed by atoms with Gasteiger partial charge in [-0.05, 0) is 237 Å². The normalized spacial score (nSPS) is 11.7. The second-order valence-corrected chi connectivity index (χ2v) is 40.3. The van der Waals surface area contributed by atoms with Crippen molar-refractivity contribution in [1.82, 2.24) is 13.7 Å². The molecule has 0 fully saturated rings. The number of fused-ring (bicyclic) bond motifs is 26.